The molecule has 0 bridgehead atoms. The van der Waals surface area contributed by atoms with Crippen LogP contribution in [-0.4, -0.2) is 76.1 Å². The third-order valence-corrected chi connectivity index (χ3v) is 12.5. The second-order valence-electron chi connectivity index (χ2n) is 16.2. The number of aliphatic carboxylic acids is 1. The predicted molar refractivity (Wildman–Crippen MR) is 243 cm³/mol. The maximum absolute atomic E-state index is 14.6. The van der Waals surface area contributed by atoms with Gasteiger partial charge in [0.25, 0.3) is 10.1 Å². The SMILES string of the molecule is CCCCn1c(=CC=C2C=C(C=CC3=[N+](CCC)c4cccc5cccc3c45)CC(C(=O)NCCCCCC(=O)O)(C(=O)NCCS(=O)(=O)O)C2)c2cccc3cccc1c32. The van der Waals surface area contributed by atoms with Crippen LogP contribution in [0.15, 0.2) is 108 Å². The Morgan fingerprint density at radius 3 is 2.23 bits per heavy atom. The normalized spacial score (nSPS) is 17.7. The number of aryl methyl sites for hydroxylation is 1. The molecular weight excluding hydrogens is 789 g/mol. The Hall–Kier alpha value is -5.85. The molecule has 0 saturated heterocycles. The van der Waals surface area contributed by atoms with Gasteiger partial charge < -0.3 is 20.3 Å². The largest absolute Gasteiger partial charge is 0.481 e. The molecule has 11 nitrogen and oxygen atoms in total. The lowest BCUT2D eigenvalue weighted by atomic mass is 9.70. The highest BCUT2D eigenvalue weighted by atomic mass is 32.2. The van der Waals surface area contributed by atoms with Gasteiger partial charge >= 0.3 is 5.97 Å². The Morgan fingerprint density at radius 1 is 0.803 bits per heavy atom. The number of aromatic nitrogens is 1. The number of carbonyl (C=O) groups is 3. The molecule has 61 heavy (non-hydrogen) atoms. The van der Waals surface area contributed by atoms with Crippen molar-refractivity contribution in [3.05, 3.63) is 119 Å². The van der Waals surface area contributed by atoms with Crippen molar-refractivity contribution >= 4 is 77.8 Å². The number of rotatable bonds is 19. The van der Waals surface area contributed by atoms with Crippen molar-refractivity contribution in [3.63, 3.8) is 0 Å². The molecule has 2 heterocycles. The summed E-state index contributed by atoms with van der Waals surface area (Å²) in [5, 5.41) is 21.5. The summed E-state index contributed by atoms with van der Waals surface area (Å²) in [6.07, 6.45) is 14.8. The summed E-state index contributed by atoms with van der Waals surface area (Å²) in [5.41, 5.74) is 4.21. The topological polar surface area (TPSA) is 158 Å². The zero-order valence-corrected chi connectivity index (χ0v) is 35.8. The molecule has 2 amide bonds. The first kappa shape index (κ1) is 43.2. The van der Waals surface area contributed by atoms with E-state index >= 15 is 0 Å². The number of hydrogen-bond donors (Lipinski definition) is 4. The molecule has 0 saturated carbocycles. The number of allylic oxidation sites excluding steroid dienone is 6. The Kier molecular flexibility index (Phi) is 13.3. The molecule has 1 unspecified atom stereocenters. The van der Waals surface area contributed by atoms with Crippen LogP contribution in [0.3, 0.4) is 0 Å². The van der Waals surface area contributed by atoms with Crippen LogP contribution in [0.5, 0.6) is 0 Å². The zero-order valence-electron chi connectivity index (χ0n) is 35.0. The minimum atomic E-state index is -4.39. The van der Waals surface area contributed by atoms with Crippen molar-refractivity contribution in [1.82, 2.24) is 15.2 Å². The molecule has 4 aromatic carbocycles. The van der Waals surface area contributed by atoms with Gasteiger partial charge in [0, 0.05) is 66.3 Å². The highest BCUT2D eigenvalue weighted by Crippen LogP contribution is 2.41. The summed E-state index contributed by atoms with van der Waals surface area (Å²) in [5.74, 6) is -2.73. The van der Waals surface area contributed by atoms with E-state index in [0.29, 0.717) is 19.3 Å². The van der Waals surface area contributed by atoms with Gasteiger partial charge in [-0.25, -0.2) is 0 Å². The number of nitrogens with zero attached hydrogens (tertiary/aromatic N) is 2. The van der Waals surface area contributed by atoms with Gasteiger partial charge in [-0.05, 0) is 72.2 Å². The molecule has 7 rings (SSSR count). The van der Waals surface area contributed by atoms with Gasteiger partial charge in [-0.1, -0.05) is 99.5 Å². The van der Waals surface area contributed by atoms with Crippen LogP contribution in [0, 0.1) is 5.41 Å². The lowest BCUT2D eigenvalue weighted by molar-refractivity contribution is -0.435. The number of amides is 2. The fraction of sp³-hybridized carbons (Fsp3) is 0.347. The van der Waals surface area contributed by atoms with Crippen LogP contribution in [-0.2, 0) is 31.0 Å². The van der Waals surface area contributed by atoms with Gasteiger partial charge in [0.15, 0.2) is 0 Å². The number of carboxylic acid groups (broad SMARTS) is 1. The second kappa shape index (κ2) is 18.8. The summed E-state index contributed by atoms with van der Waals surface area (Å²) in [6.45, 7) is 5.79. The summed E-state index contributed by atoms with van der Waals surface area (Å²) in [6, 6.07) is 25.2. The third kappa shape index (κ3) is 9.40. The number of carboxylic acids is 1. The van der Waals surface area contributed by atoms with E-state index in [0.717, 1.165) is 87.5 Å². The average Bonchev–Trinajstić information content (AvgIpc) is 3.71. The summed E-state index contributed by atoms with van der Waals surface area (Å²) >= 11 is 0. The van der Waals surface area contributed by atoms with Crippen LogP contribution in [0.4, 0.5) is 5.69 Å². The van der Waals surface area contributed by atoms with Gasteiger partial charge in [0.1, 0.15) is 12.0 Å². The average molecular weight is 844 g/mol. The standard InChI is InChI=1S/C49H54N4O7S/c1-3-5-29-53-41(39-18-10-14-37-16-12-20-43(53)46(37)39)25-23-35-31-34(22-24-40-38-17-9-13-36-15-11-19-42(45(36)38)52(40)28-4-2)32-49(33-35,48(57)51-27-30-61(58,59)60)47(56)50-26-8-6-7-21-44(54)55/h9-20,22-25,31H,3-8,21,26-30,32-33H2,1-2H3,(H3-,50,51,54,55,56,57,58,59,60)/p+1. The molecule has 318 valence electrons. The van der Waals surface area contributed by atoms with E-state index in [4.69, 9.17) is 5.11 Å². The highest BCUT2D eigenvalue weighted by Gasteiger charge is 2.48. The van der Waals surface area contributed by atoms with Crippen LogP contribution in [0.1, 0.15) is 77.2 Å². The third-order valence-electron chi connectivity index (χ3n) is 11.8. The number of hydrogen-bond acceptors (Lipinski definition) is 5. The molecular formula is C49H55N4O7S+. The summed E-state index contributed by atoms with van der Waals surface area (Å²) in [7, 11) is -4.39. The lowest BCUT2D eigenvalue weighted by Crippen LogP contribution is -2.53. The molecule has 0 spiro atoms. The van der Waals surface area contributed by atoms with Crippen molar-refractivity contribution < 1.29 is 37.0 Å². The van der Waals surface area contributed by atoms with Gasteiger partial charge in [-0.2, -0.15) is 13.0 Å². The van der Waals surface area contributed by atoms with E-state index in [9.17, 15) is 27.4 Å². The number of carbonyl (C=O) groups excluding carboxylic acids is 2. The van der Waals surface area contributed by atoms with Crippen LogP contribution in [0.2, 0.25) is 0 Å². The predicted octanol–water partition coefficient (Wildman–Crippen LogP) is 7.76. The van der Waals surface area contributed by atoms with Crippen LogP contribution >= 0.6 is 0 Å². The van der Waals surface area contributed by atoms with E-state index in [-0.39, 0.29) is 32.4 Å². The first-order chi connectivity index (χ1) is 29.4. The van der Waals surface area contributed by atoms with E-state index in [1.165, 1.54) is 10.8 Å². The first-order valence-corrected chi connectivity index (χ1v) is 23.0. The number of unbranched alkanes of at least 4 members (excludes halogenated alkanes) is 3. The van der Waals surface area contributed by atoms with Crippen LogP contribution < -0.4 is 16.0 Å². The van der Waals surface area contributed by atoms with Gasteiger partial charge in [-0.15, -0.1) is 0 Å². The zero-order chi connectivity index (χ0) is 43.1. The van der Waals surface area contributed by atoms with Crippen molar-refractivity contribution in [1.29, 1.82) is 0 Å². The summed E-state index contributed by atoms with van der Waals surface area (Å²) in [4.78, 5) is 40.2. The molecule has 5 aromatic rings. The minimum Gasteiger partial charge on any atom is -0.481 e. The maximum Gasteiger partial charge on any atom is 0.303 e. The van der Waals surface area contributed by atoms with Crippen LogP contribution in [0.25, 0.3) is 38.5 Å². The van der Waals surface area contributed by atoms with Gasteiger partial charge in [0.2, 0.25) is 23.2 Å². The lowest BCUT2D eigenvalue weighted by Gasteiger charge is -2.35. The molecule has 1 aromatic heterocycles. The number of nitrogens with one attached hydrogen (secondary N) is 2. The molecule has 1 aliphatic heterocycles. The molecule has 1 aliphatic carbocycles. The van der Waals surface area contributed by atoms with Gasteiger partial charge in [0.05, 0.1) is 16.7 Å². The fourth-order valence-corrected chi connectivity index (χ4v) is 9.33. The van der Waals surface area contributed by atoms with E-state index < -0.39 is 39.1 Å². The molecule has 0 fully saturated rings. The first-order valence-electron chi connectivity index (χ1n) is 21.4. The Balaban J connectivity index is 1.34. The maximum atomic E-state index is 14.6. The van der Waals surface area contributed by atoms with Crippen molar-refractivity contribution in [3.8, 4) is 0 Å². The van der Waals surface area contributed by atoms with E-state index in [1.807, 2.05) is 18.2 Å². The van der Waals surface area contributed by atoms with E-state index in [2.05, 4.69) is 119 Å². The van der Waals surface area contributed by atoms with Crippen molar-refractivity contribution in [2.75, 3.05) is 25.4 Å². The van der Waals surface area contributed by atoms with Crippen molar-refractivity contribution in [2.24, 2.45) is 5.41 Å². The Labute approximate surface area is 357 Å². The fourth-order valence-electron chi connectivity index (χ4n) is 8.97. The monoisotopic (exact) mass is 843 g/mol. The summed E-state index contributed by atoms with van der Waals surface area (Å²) < 4.78 is 37.6. The molecule has 2 aliphatic rings. The molecule has 4 N–H and O–H groups in total. The molecule has 1 atom stereocenters. The minimum absolute atomic E-state index is 0.0297. The number of benzene rings is 4. The Bertz CT molecular complexity index is 2790. The molecule has 12 heteroatoms. The highest BCUT2D eigenvalue weighted by molar-refractivity contribution is 7.85. The second-order valence-corrected chi connectivity index (χ2v) is 17.8. The Morgan fingerprint density at radius 2 is 1.51 bits per heavy atom. The van der Waals surface area contributed by atoms with E-state index in [1.54, 1.807) is 0 Å². The smallest absolute Gasteiger partial charge is 0.303 e. The van der Waals surface area contributed by atoms with Crippen molar-refractivity contribution in [2.45, 2.75) is 78.2 Å². The quantitative estimate of drug-likeness (QED) is 0.0287. The molecule has 0 radical (unpaired) electrons. The van der Waals surface area contributed by atoms with Gasteiger partial charge in [-0.3, -0.25) is 18.9 Å².